The third kappa shape index (κ3) is 4.76. The van der Waals surface area contributed by atoms with Crippen LogP contribution in [0.25, 0.3) is 11.1 Å². The van der Waals surface area contributed by atoms with Crippen LogP contribution in [0.4, 0.5) is 14.9 Å². The number of benzene rings is 1. The molecular weight excluding hydrogens is 463 g/mol. The number of aliphatic hydroxyl groups excluding tert-OH is 1. The number of pyridine rings is 1. The molecule has 0 unspecified atom stereocenters. The van der Waals surface area contributed by atoms with Gasteiger partial charge in [-0.05, 0) is 68.7 Å². The van der Waals surface area contributed by atoms with Crippen molar-refractivity contribution in [3.05, 3.63) is 42.3 Å². The van der Waals surface area contributed by atoms with Gasteiger partial charge in [-0.2, -0.15) is 0 Å². The van der Waals surface area contributed by atoms with Gasteiger partial charge in [0.2, 0.25) is 11.8 Å². The molecular formula is C27H33FN4O4. The number of hydrogen-bond donors (Lipinski definition) is 2. The SMILES string of the molecule is CNC(=O)Oc1ccc(-c2ccc(N3CCC[C@]4(CCN(C5CCC(O)CC5)C4=O)C3)c(F)c2)cn1. The van der Waals surface area contributed by atoms with Crippen LogP contribution in [-0.4, -0.2) is 65.8 Å². The van der Waals surface area contributed by atoms with Gasteiger partial charge in [0.25, 0.3) is 0 Å². The number of rotatable bonds is 4. The Morgan fingerprint density at radius 1 is 1.14 bits per heavy atom. The van der Waals surface area contributed by atoms with Crippen LogP contribution in [0.2, 0.25) is 0 Å². The van der Waals surface area contributed by atoms with E-state index in [2.05, 4.69) is 10.3 Å². The average molecular weight is 497 g/mol. The third-order valence-corrected chi connectivity index (χ3v) is 7.99. The van der Waals surface area contributed by atoms with Crippen LogP contribution < -0.4 is 15.0 Å². The summed E-state index contributed by atoms with van der Waals surface area (Å²) in [4.78, 5) is 33.1. The first-order chi connectivity index (χ1) is 17.4. The summed E-state index contributed by atoms with van der Waals surface area (Å²) in [6.07, 6.45) is 6.41. The van der Waals surface area contributed by atoms with Gasteiger partial charge < -0.3 is 25.0 Å². The first-order valence-corrected chi connectivity index (χ1v) is 12.8. The minimum atomic E-state index is -0.605. The molecule has 8 nitrogen and oxygen atoms in total. The largest absolute Gasteiger partial charge is 0.413 e. The van der Waals surface area contributed by atoms with Gasteiger partial charge in [-0.25, -0.2) is 14.2 Å². The molecule has 1 aromatic carbocycles. The zero-order chi connectivity index (χ0) is 25.3. The summed E-state index contributed by atoms with van der Waals surface area (Å²) in [6, 6.07) is 8.63. The summed E-state index contributed by atoms with van der Waals surface area (Å²) >= 11 is 0. The fourth-order valence-electron chi connectivity index (χ4n) is 5.98. The van der Waals surface area contributed by atoms with Gasteiger partial charge in [-0.1, -0.05) is 6.07 Å². The second-order valence-electron chi connectivity index (χ2n) is 10.2. The summed E-state index contributed by atoms with van der Waals surface area (Å²) in [5.41, 5.74) is 1.44. The summed E-state index contributed by atoms with van der Waals surface area (Å²) in [6.45, 7) is 2.00. The fraction of sp³-hybridized carbons (Fsp3) is 0.519. The van der Waals surface area contributed by atoms with Gasteiger partial charge in [0.1, 0.15) is 5.82 Å². The molecule has 2 N–H and O–H groups in total. The van der Waals surface area contributed by atoms with Crippen molar-refractivity contribution in [2.45, 2.75) is 57.1 Å². The van der Waals surface area contributed by atoms with Crippen molar-refractivity contribution in [2.75, 3.05) is 31.6 Å². The van der Waals surface area contributed by atoms with Crippen molar-refractivity contribution >= 4 is 17.7 Å². The molecule has 1 spiro atoms. The Hall–Kier alpha value is -3.20. The Labute approximate surface area is 210 Å². The molecule has 2 aromatic rings. The van der Waals surface area contributed by atoms with Crippen molar-refractivity contribution in [1.82, 2.24) is 15.2 Å². The van der Waals surface area contributed by atoms with Gasteiger partial charge in [0.15, 0.2) is 0 Å². The summed E-state index contributed by atoms with van der Waals surface area (Å²) < 4.78 is 20.3. The van der Waals surface area contributed by atoms with Gasteiger partial charge in [0, 0.05) is 50.6 Å². The number of nitrogens with zero attached hydrogens (tertiary/aromatic N) is 3. The lowest BCUT2D eigenvalue weighted by atomic mass is 9.78. The van der Waals surface area contributed by atoms with Crippen molar-refractivity contribution in [1.29, 1.82) is 0 Å². The normalized spacial score (nSPS) is 26.4. The van der Waals surface area contributed by atoms with E-state index in [0.717, 1.165) is 51.5 Å². The number of aliphatic hydroxyl groups is 1. The number of carbonyl (C=O) groups is 2. The van der Waals surface area contributed by atoms with E-state index in [-0.39, 0.29) is 29.8 Å². The zero-order valence-electron chi connectivity index (χ0n) is 20.6. The van der Waals surface area contributed by atoms with Crippen LogP contribution in [0, 0.1) is 11.2 Å². The minimum Gasteiger partial charge on any atom is -0.393 e. The molecule has 0 radical (unpaired) electrons. The number of likely N-dealkylation sites (tertiary alicyclic amines) is 1. The molecule has 3 fully saturated rings. The van der Waals surface area contributed by atoms with E-state index in [0.29, 0.717) is 29.9 Å². The number of aromatic nitrogens is 1. The lowest BCUT2D eigenvalue weighted by molar-refractivity contribution is -0.139. The summed E-state index contributed by atoms with van der Waals surface area (Å²) in [5.74, 6) is 0.0306. The molecule has 1 atom stereocenters. The van der Waals surface area contributed by atoms with Crippen molar-refractivity contribution in [2.24, 2.45) is 5.41 Å². The maximum Gasteiger partial charge on any atom is 0.413 e. The number of carbonyl (C=O) groups excluding carboxylic acids is 2. The number of halogens is 1. The molecule has 3 aliphatic rings. The highest BCUT2D eigenvalue weighted by molar-refractivity contribution is 5.86. The van der Waals surface area contributed by atoms with E-state index in [1.807, 2.05) is 15.9 Å². The van der Waals surface area contributed by atoms with Crippen LogP contribution in [0.3, 0.4) is 0 Å². The monoisotopic (exact) mass is 496 g/mol. The quantitative estimate of drug-likeness (QED) is 0.670. The highest BCUT2D eigenvalue weighted by Gasteiger charge is 2.50. The van der Waals surface area contributed by atoms with Crippen LogP contribution in [-0.2, 0) is 4.79 Å². The van der Waals surface area contributed by atoms with E-state index < -0.39 is 11.5 Å². The maximum absolute atomic E-state index is 15.3. The highest BCUT2D eigenvalue weighted by atomic mass is 19.1. The molecule has 9 heteroatoms. The zero-order valence-corrected chi connectivity index (χ0v) is 20.6. The first-order valence-electron chi connectivity index (χ1n) is 12.8. The van der Waals surface area contributed by atoms with E-state index >= 15 is 4.39 Å². The highest BCUT2D eigenvalue weighted by Crippen LogP contribution is 2.44. The van der Waals surface area contributed by atoms with Crippen molar-refractivity contribution < 1.29 is 23.8 Å². The van der Waals surface area contributed by atoms with Crippen LogP contribution >= 0.6 is 0 Å². The fourth-order valence-corrected chi connectivity index (χ4v) is 5.98. The molecule has 2 saturated heterocycles. The molecule has 36 heavy (non-hydrogen) atoms. The van der Waals surface area contributed by atoms with Crippen LogP contribution in [0.15, 0.2) is 36.5 Å². The van der Waals surface area contributed by atoms with E-state index in [9.17, 15) is 14.7 Å². The van der Waals surface area contributed by atoms with E-state index in [4.69, 9.17) is 4.74 Å². The number of hydrogen-bond acceptors (Lipinski definition) is 6. The molecule has 1 saturated carbocycles. The third-order valence-electron chi connectivity index (χ3n) is 7.99. The van der Waals surface area contributed by atoms with Crippen LogP contribution in [0.5, 0.6) is 5.88 Å². The summed E-state index contributed by atoms with van der Waals surface area (Å²) in [7, 11) is 1.46. The van der Waals surface area contributed by atoms with Gasteiger partial charge >= 0.3 is 6.09 Å². The number of anilines is 1. The molecule has 0 bridgehead atoms. The number of nitrogens with one attached hydrogen (secondary N) is 1. The van der Waals surface area contributed by atoms with E-state index in [1.165, 1.54) is 13.1 Å². The minimum absolute atomic E-state index is 0.161. The standard InChI is InChI=1S/C27H33FN4O4/c1-29-26(35)36-24-10-4-19(16-30-24)18-3-9-23(22(28)15-18)31-13-2-11-27(17-31)12-14-32(25(27)34)20-5-7-21(33)8-6-20/h3-4,9-10,15-16,20-21,33H,2,5-8,11-14,17H2,1H3,(H,29,35)/t20?,21?,27-/m0/s1. The Morgan fingerprint density at radius 3 is 2.61 bits per heavy atom. The van der Waals surface area contributed by atoms with Gasteiger partial charge in [0.05, 0.1) is 17.2 Å². The number of amides is 2. The molecule has 1 aliphatic carbocycles. The van der Waals surface area contributed by atoms with Gasteiger partial charge in [-0.3, -0.25) is 4.79 Å². The smallest absolute Gasteiger partial charge is 0.393 e. The Bertz CT molecular complexity index is 1120. The molecule has 2 aliphatic heterocycles. The Kier molecular flexibility index (Phi) is 6.83. The molecule has 1 aromatic heterocycles. The second kappa shape index (κ2) is 10.0. The Balaban J connectivity index is 1.28. The van der Waals surface area contributed by atoms with Gasteiger partial charge in [-0.15, -0.1) is 0 Å². The first kappa shape index (κ1) is 24.5. The lowest BCUT2D eigenvalue weighted by Crippen LogP contribution is -2.50. The predicted octanol–water partition coefficient (Wildman–Crippen LogP) is 3.73. The summed E-state index contributed by atoms with van der Waals surface area (Å²) in [5, 5.41) is 12.2. The predicted molar refractivity (Wildman–Crippen MR) is 133 cm³/mol. The van der Waals surface area contributed by atoms with Crippen molar-refractivity contribution in [3.8, 4) is 17.0 Å². The maximum atomic E-state index is 15.3. The number of piperidine rings is 1. The molecule has 192 valence electrons. The number of ether oxygens (including phenoxy) is 1. The lowest BCUT2D eigenvalue weighted by Gasteiger charge is -2.41. The van der Waals surface area contributed by atoms with Crippen molar-refractivity contribution in [3.63, 3.8) is 0 Å². The molecule has 3 heterocycles. The van der Waals surface area contributed by atoms with Crippen LogP contribution in [0.1, 0.15) is 44.9 Å². The molecule has 5 rings (SSSR count). The second-order valence-corrected chi connectivity index (χ2v) is 10.2. The van der Waals surface area contributed by atoms with E-state index in [1.54, 1.807) is 24.4 Å². The Morgan fingerprint density at radius 2 is 1.92 bits per heavy atom. The molecule has 2 amide bonds. The average Bonchev–Trinajstić information content (AvgIpc) is 3.19. The topological polar surface area (TPSA) is 95.0 Å².